The van der Waals surface area contributed by atoms with E-state index < -0.39 is 11.7 Å². The first-order chi connectivity index (χ1) is 6.83. The quantitative estimate of drug-likeness (QED) is 0.700. The van der Waals surface area contributed by atoms with Gasteiger partial charge in [0.25, 0.3) is 0 Å². The number of rotatable bonds is 2. The number of methoxy groups -OCH3 is 1. The molecular formula is C10H17NO4. The van der Waals surface area contributed by atoms with Crippen molar-refractivity contribution in [3.8, 4) is 0 Å². The maximum atomic E-state index is 11.3. The molecule has 0 spiro atoms. The number of hydrogen-bond donors (Lipinski definition) is 1. The summed E-state index contributed by atoms with van der Waals surface area (Å²) in [5.74, 6) is -0.487. The Labute approximate surface area is 89.1 Å². The molecule has 1 saturated carbocycles. The predicted octanol–water partition coefficient (Wildman–Crippen LogP) is 1.07. The van der Waals surface area contributed by atoms with Crippen LogP contribution in [0.3, 0.4) is 0 Å². The Bertz CT molecular complexity index is 269. The van der Waals surface area contributed by atoms with Gasteiger partial charge in [-0.15, -0.1) is 0 Å². The van der Waals surface area contributed by atoms with Gasteiger partial charge in [0.2, 0.25) is 0 Å². The number of carbonyl (C=O) groups excluding carboxylic acids is 2. The highest BCUT2D eigenvalue weighted by Crippen LogP contribution is 2.31. The lowest BCUT2D eigenvalue weighted by molar-refractivity contribution is -0.142. The highest BCUT2D eigenvalue weighted by atomic mass is 16.6. The van der Waals surface area contributed by atoms with E-state index in [0.29, 0.717) is 6.42 Å². The molecule has 15 heavy (non-hydrogen) atoms. The number of ether oxygens (including phenoxy) is 2. The maximum Gasteiger partial charge on any atom is 0.407 e. The first kappa shape index (κ1) is 11.8. The fraction of sp³-hybridized carbons (Fsp3) is 0.800. The summed E-state index contributed by atoms with van der Waals surface area (Å²) < 4.78 is 9.60. The summed E-state index contributed by atoms with van der Waals surface area (Å²) in [5.41, 5.74) is -0.514. The lowest BCUT2D eigenvalue weighted by Gasteiger charge is -2.19. The Kier molecular flexibility index (Phi) is 3.21. The van der Waals surface area contributed by atoms with Crippen molar-refractivity contribution in [2.75, 3.05) is 7.11 Å². The third-order valence-corrected chi connectivity index (χ3v) is 2.00. The summed E-state index contributed by atoms with van der Waals surface area (Å²) >= 11 is 0. The molecule has 5 heteroatoms. The second kappa shape index (κ2) is 4.08. The number of hydrogen-bond acceptors (Lipinski definition) is 4. The van der Waals surface area contributed by atoms with E-state index in [1.165, 1.54) is 7.11 Å². The molecule has 0 saturated heterocycles. The molecule has 1 N–H and O–H groups in total. The van der Waals surface area contributed by atoms with Crippen molar-refractivity contribution in [1.82, 2.24) is 5.32 Å². The normalized spacial score (nSPS) is 24.3. The van der Waals surface area contributed by atoms with Crippen LogP contribution < -0.4 is 5.32 Å². The summed E-state index contributed by atoms with van der Waals surface area (Å²) in [7, 11) is 1.34. The van der Waals surface area contributed by atoms with E-state index in [-0.39, 0.29) is 17.9 Å². The van der Waals surface area contributed by atoms with E-state index in [1.54, 1.807) is 20.8 Å². The van der Waals surface area contributed by atoms with Crippen LogP contribution in [0.2, 0.25) is 0 Å². The second-order valence-electron chi connectivity index (χ2n) is 4.62. The van der Waals surface area contributed by atoms with Crippen LogP contribution in [0.4, 0.5) is 4.79 Å². The minimum atomic E-state index is -0.514. The Morgan fingerprint density at radius 3 is 2.40 bits per heavy atom. The third kappa shape index (κ3) is 3.77. The number of nitrogens with one attached hydrogen (secondary N) is 1. The topological polar surface area (TPSA) is 64.6 Å². The van der Waals surface area contributed by atoms with Crippen molar-refractivity contribution in [2.45, 2.75) is 38.8 Å². The molecule has 1 aliphatic carbocycles. The van der Waals surface area contributed by atoms with Gasteiger partial charge in [0, 0.05) is 6.04 Å². The minimum absolute atomic E-state index is 0.132. The summed E-state index contributed by atoms with van der Waals surface area (Å²) in [6, 6.07) is -0.132. The van der Waals surface area contributed by atoms with E-state index in [0.717, 1.165) is 0 Å². The molecule has 0 aromatic heterocycles. The molecule has 1 aliphatic rings. The third-order valence-electron chi connectivity index (χ3n) is 2.00. The van der Waals surface area contributed by atoms with Crippen molar-refractivity contribution >= 4 is 12.1 Å². The number of alkyl carbamates (subject to hydrolysis) is 1. The van der Waals surface area contributed by atoms with Gasteiger partial charge < -0.3 is 14.8 Å². The molecule has 0 aromatic carbocycles. The average Bonchev–Trinajstić information content (AvgIpc) is 2.79. The fourth-order valence-electron chi connectivity index (χ4n) is 1.23. The van der Waals surface area contributed by atoms with Gasteiger partial charge in [0.15, 0.2) is 0 Å². The molecular weight excluding hydrogens is 198 g/mol. The van der Waals surface area contributed by atoms with Crippen LogP contribution in [0.5, 0.6) is 0 Å². The first-order valence-corrected chi connectivity index (χ1v) is 4.91. The molecule has 1 fully saturated rings. The fourth-order valence-corrected chi connectivity index (χ4v) is 1.23. The smallest absolute Gasteiger partial charge is 0.407 e. The van der Waals surface area contributed by atoms with Crippen LogP contribution in [0, 0.1) is 5.92 Å². The van der Waals surface area contributed by atoms with Gasteiger partial charge in [-0.1, -0.05) is 0 Å². The zero-order valence-electron chi connectivity index (χ0n) is 9.49. The van der Waals surface area contributed by atoms with Crippen LogP contribution in [0.15, 0.2) is 0 Å². The molecule has 1 amide bonds. The molecule has 5 nitrogen and oxygen atoms in total. The molecule has 0 heterocycles. The van der Waals surface area contributed by atoms with E-state index in [1.807, 2.05) is 0 Å². The van der Waals surface area contributed by atoms with Crippen molar-refractivity contribution in [3.05, 3.63) is 0 Å². The largest absolute Gasteiger partial charge is 0.469 e. The molecule has 2 atom stereocenters. The van der Waals surface area contributed by atoms with Gasteiger partial charge in [-0.3, -0.25) is 4.79 Å². The number of esters is 1. The average molecular weight is 215 g/mol. The molecule has 0 bridgehead atoms. The molecule has 0 aromatic rings. The van der Waals surface area contributed by atoms with Crippen molar-refractivity contribution < 1.29 is 19.1 Å². The van der Waals surface area contributed by atoms with Gasteiger partial charge in [0.1, 0.15) is 5.60 Å². The van der Waals surface area contributed by atoms with Crippen molar-refractivity contribution in [2.24, 2.45) is 5.92 Å². The summed E-state index contributed by atoms with van der Waals surface area (Å²) in [6.45, 7) is 5.37. The predicted molar refractivity (Wildman–Crippen MR) is 53.3 cm³/mol. The summed E-state index contributed by atoms with van der Waals surface area (Å²) in [5, 5.41) is 2.61. The van der Waals surface area contributed by atoms with Gasteiger partial charge in [-0.2, -0.15) is 0 Å². The van der Waals surface area contributed by atoms with E-state index in [4.69, 9.17) is 4.74 Å². The van der Waals surface area contributed by atoms with Crippen LogP contribution in [0.25, 0.3) is 0 Å². The number of amides is 1. The van der Waals surface area contributed by atoms with Gasteiger partial charge in [-0.25, -0.2) is 4.79 Å². The lowest BCUT2D eigenvalue weighted by Crippen LogP contribution is -2.35. The highest BCUT2D eigenvalue weighted by Gasteiger charge is 2.45. The van der Waals surface area contributed by atoms with Crippen LogP contribution in [0.1, 0.15) is 27.2 Å². The Morgan fingerprint density at radius 2 is 1.93 bits per heavy atom. The van der Waals surface area contributed by atoms with Crippen molar-refractivity contribution in [1.29, 1.82) is 0 Å². The van der Waals surface area contributed by atoms with Crippen LogP contribution in [-0.2, 0) is 14.3 Å². The van der Waals surface area contributed by atoms with E-state index >= 15 is 0 Å². The highest BCUT2D eigenvalue weighted by molar-refractivity contribution is 5.78. The van der Waals surface area contributed by atoms with E-state index in [2.05, 4.69) is 10.1 Å². The Hall–Kier alpha value is -1.26. The van der Waals surface area contributed by atoms with Crippen LogP contribution >= 0.6 is 0 Å². The molecule has 1 rings (SSSR count). The van der Waals surface area contributed by atoms with Gasteiger partial charge in [0.05, 0.1) is 13.0 Å². The number of carbonyl (C=O) groups is 2. The van der Waals surface area contributed by atoms with Gasteiger partial charge in [-0.05, 0) is 27.2 Å². The lowest BCUT2D eigenvalue weighted by atomic mass is 10.2. The SMILES string of the molecule is COC(=O)[C@@H]1C[C@H]1NC(=O)OC(C)(C)C. The molecule has 0 radical (unpaired) electrons. The first-order valence-electron chi connectivity index (χ1n) is 4.91. The van der Waals surface area contributed by atoms with Crippen molar-refractivity contribution in [3.63, 3.8) is 0 Å². The molecule has 0 unspecified atom stereocenters. The van der Waals surface area contributed by atoms with E-state index in [9.17, 15) is 9.59 Å². The monoisotopic (exact) mass is 215 g/mol. The Morgan fingerprint density at radius 1 is 1.33 bits per heavy atom. The Balaban J connectivity index is 2.28. The van der Waals surface area contributed by atoms with Crippen LogP contribution in [-0.4, -0.2) is 30.8 Å². The maximum absolute atomic E-state index is 11.3. The standard InChI is InChI=1S/C10H17NO4/c1-10(2,3)15-9(13)11-7-5-6(7)8(12)14-4/h6-7H,5H2,1-4H3,(H,11,13)/t6-,7-/m1/s1. The van der Waals surface area contributed by atoms with Gasteiger partial charge >= 0.3 is 12.1 Å². The summed E-state index contributed by atoms with van der Waals surface area (Å²) in [6.07, 6.45) is 0.144. The summed E-state index contributed by atoms with van der Waals surface area (Å²) in [4.78, 5) is 22.3. The molecule has 0 aliphatic heterocycles. The molecule has 86 valence electrons. The minimum Gasteiger partial charge on any atom is -0.469 e. The zero-order chi connectivity index (χ0) is 11.6. The zero-order valence-corrected chi connectivity index (χ0v) is 9.49. The second-order valence-corrected chi connectivity index (χ2v) is 4.62.